The summed E-state index contributed by atoms with van der Waals surface area (Å²) in [5.74, 6) is 0.502. The van der Waals surface area contributed by atoms with E-state index in [2.05, 4.69) is 25.6 Å². The highest BCUT2D eigenvalue weighted by Gasteiger charge is 2.36. The van der Waals surface area contributed by atoms with Gasteiger partial charge in [0, 0.05) is 17.5 Å². The Balaban J connectivity index is 1.80. The molecule has 1 aromatic heterocycles. The first-order chi connectivity index (χ1) is 8.95. The third-order valence-corrected chi connectivity index (χ3v) is 7.39. The predicted octanol–water partition coefficient (Wildman–Crippen LogP) is 2.19. The standard InChI is InChI=1S/C12H17BrN2O2S2/c1-8-11(6-12(13)18-8)19(16,17)14-10-7-15-4-2-9(10)3-5-15/h6,9-10,14H,2-5,7H2,1H3. The molecule has 1 N–H and O–H groups in total. The molecule has 3 fully saturated rings. The van der Waals surface area contributed by atoms with Crippen LogP contribution in [0, 0.1) is 12.8 Å². The van der Waals surface area contributed by atoms with E-state index in [1.54, 1.807) is 6.07 Å². The second-order valence-corrected chi connectivity index (χ2v) is 9.65. The van der Waals surface area contributed by atoms with Crippen LogP contribution in [0.1, 0.15) is 17.7 Å². The predicted molar refractivity (Wildman–Crippen MR) is 80.0 cm³/mol. The number of nitrogens with one attached hydrogen (secondary N) is 1. The Kier molecular flexibility index (Phi) is 3.77. The van der Waals surface area contributed by atoms with E-state index in [9.17, 15) is 8.42 Å². The largest absolute Gasteiger partial charge is 0.302 e. The lowest BCUT2D eigenvalue weighted by Crippen LogP contribution is -2.57. The number of fused-ring (bicyclic) bond motifs is 3. The van der Waals surface area contributed by atoms with E-state index in [0.29, 0.717) is 10.8 Å². The summed E-state index contributed by atoms with van der Waals surface area (Å²) in [7, 11) is -3.39. The van der Waals surface area contributed by atoms with Crippen molar-refractivity contribution in [1.29, 1.82) is 0 Å². The summed E-state index contributed by atoms with van der Waals surface area (Å²) >= 11 is 4.81. The van der Waals surface area contributed by atoms with Gasteiger partial charge < -0.3 is 4.90 Å². The molecule has 0 spiro atoms. The fourth-order valence-corrected chi connectivity index (χ4v) is 6.77. The van der Waals surface area contributed by atoms with Gasteiger partial charge in [-0.1, -0.05) is 0 Å². The Bertz CT molecular complexity index is 577. The summed E-state index contributed by atoms with van der Waals surface area (Å²) in [5, 5.41) is 0. The Morgan fingerprint density at radius 3 is 2.58 bits per heavy atom. The average molecular weight is 365 g/mol. The fourth-order valence-electron chi connectivity index (χ4n) is 3.06. The third kappa shape index (κ3) is 2.76. The van der Waals surface area contributed by atoms with Crippen LogP contribution in [0.4, 0.5) is 0 Å². The Labute approximate surface area is 126 Å². The maximum Gasteiger partial charge on any atom is 0.242 e. The van der Waals surface area contributed by atoms with Crippen molar-refractivity contribution in [2.45, 2.75) is 30.7 Å². The van der Waals surface area contributed by atoms with Crippen LogP contribution in [0.5, 0.6) is 0 Å². The molecule has 106 valence electrons. The number of thiophene rings is 1. The summed E-state index contributed by atoms with van der Waals surface area (Å²) in [5.41, 5.74) is 0. The minimum Gasteiger partial charge on any atom is -0.302 e. The molecule has 3 aliphatic heterocycles. The quantitative estimate of drug-likeness (QED) is 0.894. The molecule has 1 atom stereocenters. The number of rotatable bonds is 3. The van der Waals surface area contributed by atoms with Crippen LogP contribution in [-0.2, 0) is 10.0 Å². The Morgan fingerprint density at radius 2 is 2.11 bits per heavy atom. The Morgan fingerprint density at radius 1 is 1.42 bits per heavy atom. The zero-order chi connectivity index (χ0) is 13.6. The van der Waals surface area contributed by atoms with Crippen LogP contribution >= 0.6 is 27.3 Å². The van der Waals surface area contributed by atoms with Crippen molar-refractivity contribution in [3.05, 3.63) is 14.7 Å². The van der Waals surface area contributed by atoms with Gasteiger partial charge in [-0.15, -0.1) is 11.3 Å². The van der Waals surface area contributed by atoms with E-state index in [1.807, 2.05) is 6.92 Å². The molecule has 3 saturated heterocycles. The molecule has 0 aliphatic carbocycles. The number of halogens is 1. The summed E-state index contributed by atoms with van der Waals surface area (Å²) in [6.45, 7) is 4.94. The zero-order valence-corrected chi connectivity index (χ0v) is 13.9. The number of aryl methyl sites for hydroxylation is 1. The van der Waals surface area contributed by atoms with Gasteiger partial charge >= 0.3 is 0 Å². The number of hydrogen-bond donors (Lipinski definition) is 1. The average Bonchev–Trinajstić information content (AvgIpc) is 2.70. The smallest absolute Gasteiger partial charge is 0.242 e. The Hall–Kier alpha value is 0.0500. The van der Waals surface area contributed by atoms with Crippen molar-refractivity contribution in [1.82, 2.24) is 9.62 Å². The maximum absolute atomic E-state index is 12.5. The first-order valence-electron chi connectivity index (χ1n) is 6.46. The monoisotopic (exact) mass is 364 g/mol. The van der Waals surface area contributed by atoms with Gasteiger partial charge in [0.25, 0.3) is 0 Å². The van der Waals surface area contributed by atoms with E-state index in [-0.39, 0.29) is 6.04 Å². The molecule has 19 heavy (non-hydrogen) atoms. The van der Waals surface area contributed by atoms with Gasteiger partial charge in [0.05, 0.1) is 8.68 Å². The minimum absolute atomic E-state index is 0.0746. The summed E-state index contributed by atoms with van der Waals surface area (Å²) in [4.78, 5) is 3.60. The van der Waals surface area contributed by atoms with E-state index in [4.69, 9.17) is 0 Å². The van der Waals surface area contributed by atoms with Gasteiger partial charge in [-0.25, -0.2) is 13.1 Å². The van der Waals surface area contributed by atoms with Crippen molar-refractivity contribution in [2.24, 2.45) is 5.92 Å². The second kappa shape index (κ2) is 5.11. The minimum atomic E-state index is -3.39. The van der Waals surface area contributed by atoms with Gasteiger partial charge in [-0.05, 0) is 60.8 Å². The molecule has 4 heterocycles. The first-order valence-corrected chi connectivity index (χ1v) is 9.55. The normalized spacial score (nSPS) is 30.7. The topological polar surface area (TPSA) is 49.4 Å². The van der Waals surface area contributed by atoms with Gasteiger partial charge in [0.2, 0.25) is 10.0 Å². The highest BCUT2D eigenvalue weighted by molar-refractivity contribution is 9.11. The molecule has 0 saturated carbocycles. The van der Waals surface area contributed by atoms with Crippen molar-refractivity contribution in [2.75, 3.05) is 19.6 Å². The van der Waals surface area contributed by atoms with E-state index < -0.39 is 10.0 Å². The lowest BCUT2D eigenvalue weighted by Gasteiger charge is -2.44. The lowest BCUT2D eigenvalue weighted by atomic mass is 9.85. The van der Waals surface area contributed by atoms with Crippen LogP contribution in [0.25, 0.3) is 0 Å². The van der Waals surface area contributed by atoms with Crippen LogP contribution in [-0.4, -0.2) is 39.0 Å². The number of hydrogen-bond acceptors (Lipinski definition) is 4. The molecule has 7 heteroatoms. The maximum atomic E-state index is 12.5. The first kappa shape index (κ1) is 14.0. The van der Waals surface area contributed by atoms with E-state index in [0.717, 1.165) is 41.1 Å². The van der Waals surface area contributed by atoms with Gasteiger partial charge in [0.15, 0.2) is 0 Å². The SMILES string of the molecule is Cc1sc(Br)cc1S(=O)(=O)NC1CN2CCC1CC2. The van der Waals surface area contributed by atoms with Crippen molar-refractivity contribution < 1.29 is 8.42 Å². The van der Waals surface area contributed by atoms with Crippen molar-refractivity contribution >= 4 is 37.3 Å². The highest BCUT2D eigenvalue weighted by atomic mass is 79.9. The van der Waals surface area contributed by atoms with Crippen LogP contribution in [0.15, 0.2) is 14.7 Å². The fraction of sp³-hybridized carbons (Fsp3) is 0.667. The van der Waals surface area contributed by atoms with Crippen LogP contribution < -0.4 is 4.72 Å². The zero-order valence-electron chi connectivity index (χ0n) is 10.7. The van der Waals surface area contributed by atoms with E-state index >= 15 is 0 Å². The molecule has 0 aromatic carbocycles. The molecule has 4 nitrogen and oxygen atoms in total. The highest BCUT2D eigenvalue weighted by Crippen LogP contribution is 2.32. The van der Waals surface area contributed by atoms with Crippen molar-refractivity contribution in [3.63, 3.8) is 0 Å². The van der Waals surface area contributed by atoms with E-state index in [1.165, 1.54) is 11.3 Å². The summed E-state index contributed by atoms with van der Waals surface area (Å²) < 4.78 is 28.7. The molecule has 3 aliphatic rings. The molecule has 4 rings (SSSR count). The second-order valence-electron chi connectivity index (χ2n) is 5.34. The van der Waals surface area contributed by atoms with Crippen molar-refractivity contribution in [3.8, 4) is 0 Å². The molecule has 2 bridgehead atoms. The molecular formula is C12H17BrN2O2S2. The summed E-state index contributed by atoms with van der Waals surface area (Å²) in [6, 6.07) is 1.77. The molecule has 0 radical (unpaired) electrons. The summed E-state index contributed by atoms with van der Waals surface area (Å²) in [6.07, 6.45) is 2.22. The van der Waals surface area contributed by atoms with Gasteiger partial charge in [0.1, 0.15) is 0 Å². The van der Waals surface area contributed by atoms with Gasteiger partial charge in [-0.3, -0.25) is 0 Å². The molecule has 1 unspecified atom stereocenters. The number of piperidine rings is 3. The molecular weight excluding hydrogens is 348 g/mol. The third-order valence-electron chi connectivity index (χ3n) is 4.09. The van der Waals surface area contributed by atoms with Gasteiger partial charge in [-0.2, -0.15) is 0 Å². The molecule has 1 aromatic rings. The number of nitrogens with zero attached hydrogens (tertiary/aromatic N) is 1. The van der Waals surface area contributed by atoms with Crippen LogP contribution in [0.3, 0.4) is 0 Å². The lowest BCUT2D eigenvalue weighted by molar-refractivity contribution is 0.0827. The molecule has 0 amide bonds. The van der Waals surface area contributed by atoms with Crippen LogP contribution in [0.2, 0.25) is 0 Å². The number of sulfonamides is 1.